The lowest BCUT2D eigenvalue weighted by molar-refractivity contribution is 0.0963. The highest BCUT2D eigenvalue weighted by molar-refractivity contribution is 7.92. The molecular formula is C20H25N3O6S2. The van der Waals surface area contributed by atoms with Crippen LogP contribution in [0, 0.1) is 0 Å². The molecule has 0 aliphatic carbocycles. The van der Waals surface area contributed by atoms with Crippen LogP contribution in [0.2, 0.25) is 0 Å². The average molecular weight is 468 g/mol. The summed E-state index contributed by atoms with van der Waals surface area (Å²) in [4.78, 5) is 12.1. The molecule has 31 heavy (non-hydrogen) atoms. The molecular weight excluding hydrogens is 442 g/mol. The van der Waals surface area contributed by atoms with Crippen molar-refractivity contribution in [2.45, 2.75) is 29.1 Å². The molecule has 0 radical (unpaired) electrons. The lowest BCUT2D eigenvalue weighted by Gasteiger charge is -2.25. The van der Waals surface area contributed by atoms with Crippen LogP contribution in [0.3, 0.4) is 0 Å². The predicted octanol–water partition coefficient (Wildman–Crippen LogP) is 2.03. The summed E-state index contributed by atoms with van der Waals surface area (Å²) in [6, 6.07) is 9.42. The first-order valence-corrected chi connectivity index (χ1v) is 12.6. The Labute approximate surface area is 182 Å². The van der Waals surface area contributed by atoms with E-state index < -0.39 is 26.0 Å². The Kier molecular flexibility index (Phi) is 6.87. The van der Waals surface area contributed by atoms with Crippen LogP contribution < -0.4 is 14.8 Å². The van der Waals surface area contributed by atoms with Gasteiger partial charge in [0.2, 0.25) is 10.0 Å². The molecule has 0 spiro atoms. The van der Waals surface area contributed by atoms with Crippen molar-refractivity contribution in [3.05, 3.63) is 48.0 Å². The summed E-state index contributed by atoms with van der Waals surface area (Å²) < 4.78 is 60.1. The minimum atomic E-state index is -4.06. The Morgan fingerprint density at radius 2 is 1.55 bits per heavy atom. The monoisotopic (exact) mass is 467 g/mol. The number of hydrogen-bond acceptors (Lipinski definition) is 6. The number of hydrogen-bond donors (Lipinski definition) is 2. The maximum atomic E-state index is 12.8. The number of sulfonamides is 2. The molecule has 0 atom stereocenters. The number of methoxy groups -OCH3 is 1. The van der Waals surface area contributed by atoms with E-state index in [9.17, 15) is 21.6 Å². The van der Waals surface area contributed by atoms with Crippen molar-refractivity contribution in [1.82, 2.24) is 9.62 Å². The first-order valence-electron chi connectivity index (χ1n) is 9.72. The van der Waals surface area contributed by atoms with Gasteiger partial charge in [0, 0.05) is 20.1 Å². The molecule has 0 bridgehead atoms. The molecule has 2 aromatic carbocycles. The summed E-state index contributed by atoms with van der Waals surface area (Å²) in [5.41, 5.74) is 0.167. The Balaban J connectivity index is 1.87. The van der Waals surface area contributed by atoms with Crippen LogP contribution in [-0.2, 0) is 20.0 Å². The van der Waals surface area contributed by atoms with Crippen molar-refractivity contribution in [2.75, 3.05) is 32.0 Å². The molecule has 0 unspecified atom stereocenters. The maximum absolute atomic E-state index is 12.8. The Morgan fingerprint density at radius 1 is 0.935 bits per heavy atom. The van der Waals surface area contributed by atoms with Gasteiger partial charge in [-0.15, -0.1) is 0 Å². The molecule has 168 valence electrons. The normalized spacial score (nSPS) is 15.3. The van der Waals surface area contributed by atoms with Crippen molar-refractivity contribution in [3.63, 3.8) is 0 Å². The fourth-order valence-electron chi connectivity index (χ4n) is 3.31. The topological polar surface area (TPSA) is 122 Å². The van der Waals surface area contributed by atoms with E-state index in [2.05, 4.69) is 10.0 Å². The summed E-state index contributed by atoms with van der Waals surface area (Å²) in [5, 5.41) is 2.45. The molecule has 1 heterocycles. The van der Waals surface area contributed by atoms with E-state index in [1.54, 1.807) is 0 Å². The minimum Gasteiger partial charge on any atom is -0.497 e. The van der Waals surface area contributed by atoms with E-state index in [-0.39, 0.29) is 21.0 Å². The average Bonchev–Trinajstić information content (AvgIpc) is 2.79. The fraction of sp³-hybridized carbons (Fsp3) is 0.350. The SMILES string of the molecule is CNC(=O)c1cc(OC)ccc1NS(=O)(=O)c1ccc(S(=O)(=O)N2CCCCC2)cc1. The molecule has 11 heteroatoms. The number of nitrogens with zero attached hydrogens (tertiary/aromatic N) is 1. The van der Waals surface area contributed by atoms with E-state index in [1.807, 2.05) is 0 Å². The van der Waals surface area contributed by atoms with Gasteiger partial charge in [-0.2, -0.15) is 4.31 Å². The quantitative estimate of drug-likeness (QED) is 0.643. The number of carbonyl (C=O) groups is 1. The number of piperidine rings is 1. The second-order valence-corrected chi connectivity index (χ2v) is 10.7. The molecule has 2 aromatic rings. The van der Waals surface area contributed by atoms with Crippen molar-refractivity contribution in [2.24, 2.45) is 0 Å². The smallest absolute Gasteiger partial charge is 0.261 e. The van der Waals surface area contributed by atoms with Crippen molar-refractivity contribution < 1.29 is 26.4 Å². The molecule has 9 nitrogen and oxygen atoms in total. The van der Waals surface area contributed by atoms with Crippen LogP contribution in [0.1, 0.15) is 29.6 Å². The number of nitrogens with one attached hydrogen (secondary N) is 2. The maximum Gasteiger partial charge on any atom is 0.261 e. The molecule has 1 aliphatic rings. The van der Waals surface area contributed by atoms with Gasteiger partial charge >= 0.3 is 0 Å². The molecule has 0 aromatic heterocycles. The number of carbonyl (C=O) groups excluding carboxylic acids is 1. The number of ether oxygens (including phenoxy) is 1. The van der Waals surface area contributed by atoms with Crippen molar-refractivity contribution >= 4 is 31.6 Å². The lowest BCUT2D eigenvalue weighted by Crippen LogP contribution is -2.35. The first kappa shape index (κ1) is 23.0. The van der Waals surface area contributed by atoms with E-state index in [0.717, 1.165) is 19.3 Å². The van der Waals surface area contributed by atoms with Crippen LogP contribution in [-0.4, -0.2) is 54.3 Å². The number of rotatable bonds is 7. The zero-order chi connectivity index (χ0) is 22.6. The lowest BCUT2D eigenvalue weighted by atomic mass is 10.1. The van der Waals surface area contributed by atoms with E-state index in [1.165, 1.54) is 60.9 Å². The highest BCUT2D eigenvalue weighted by Gasteiger charge is 2.27. The Morgan fingerprint density at radius 3 is 2.13 bits per heavy atom. The van der Waals surface area contributed by atoms with Crippen LogP contribution in [0.25, 0.3) is 0 Å². The summed E-state index contributed by atoms with van der Waals surface area (Å²) in [5.74, 6) is -0.0895. The van der Waals surface area contributed by atoms with E-state index in [4.69, 9.17) is 4.74 Å². The van der Waals surface area contributed by atoms with Gasteiger partial charge in [0.15, 0.2) is 0 Å². The molecule has 1 aliphatic heterocycles. The molecule has 1 fully saturated rings. The third kappa shape index (κ3) is 5.00. The van der Waals surface area contributed by atoms with Gasteiger partial charge in [0.25, 0.3) is 15.9 Å². The highest BCUT2D eigenvalue weighted by atomic mass is 32.2. The summed E-state index contributed by atoms with van der Waals surface area (Å²) >= 11 is 0. The standard InChI is InChI=1S/C20H25N3O6S2/c1-21-20(24)18-14-15(29-2)6-11-19(18)22-30(25,26)16-7-9-17(10-8-16)31(27,28)23-12-4-3-5-13-23/h6-11,14,22H,3-5,12-13H2,1-2H3,(H,21,24). The second-order valence-electron chi connectivity index (χ2n) is 7.03. The molecule has 3 rings (SSSR count). The van der Waals surface area contributed by atoms with E-state index in [0.29, 0.717) is 18.8 Å². The largest absolute Gasteiger partial charge is 0.497 e. The molecule has 1 amide bonds. The van der Waals surface area contributed by atoms with Gasteiger partial charge in [-0.3, -0.25) is 9.52 Å². The Hall–Kier alpha value is -2.63. The summed E-state index contributed by atoms with van der Waals surface area (Å²) in [6.45, 7) is 0.924. The molecule has 1 saturated heterocycles. The first-order chi connectivity index (χ1) is 14.7. The van der Waals surface area contributed by atoms with Crippen molar-refractivity contribution in [1.29, 1.82) is 0 Å². The van der Waals surface area contributed by atoms with Gasteiger partial charge < -0.3 is 10.1 Å². The summed E-state index contributed by atoms with van der Waals surface area (Å²) in [6.07, 6.45) is 2.62. The second kappa shape index (κ2) is 9.25. The van der Waals surface area contributed by atoms with Gasteiger partial charge in [0.05, 0.1) is 28.2 Å². The van der Waals surface area contributed by atoms with Gasteiger partial charge in [-0.05, 0) is 55.3 Å². The van der Waals surface area contributed by atoms with Gasteiger partial charge in [-0.1, -0.05) is 6.42 Å². The van der Waals surface area contributed by atoms with Gasteiger partial charge in [0.1, 0.15) is 5.75 Å². The third-order valence-electron chi connectivity index (χ3n) is 5.03. The van der Waals surface area contributed by atoms with Crippen LogP contribution >= 0.6 is 0 Å². The summed E-state index contributed by atoms with van der Waals surface area (Å²) in [7, 11) is -4.86. The predicted molar refractivity (Wildman–Crippen MR) is 116 cm³/mol. The molecule has 2 N–H and O–H groups in total. The highest BCUT2D eigenvalue weighted by Crippen LogP contribution is 2.26. The number of anilines is 1. The van der Waals surface area contributed by atoms with Crippen LogP contribution in [0.5, 0.6) is 5.75 Å². The number of amides is 1. The number of benzene rings is 2. The van der Waals surface area contributed by atoms with E-state index >= 15 is 0 Å². The molecule has 0 saturated carbocycles. The zero-order valence-corrected chi connectivity index (χ0v) is 18.9. The Bertz CT molecular complexity index is 1160. The van der Waals surface area contributed by atoms with Gasteiger partial charge in [-0.25, -0.2) is 16.8 Å². The third-order valence-corrected chi connectivity index (χ3v) is 8.32. The van der Waals surface area contributed by atoms with Crippen LogP contribution in [0.15, 0.2) is 52.3 Å². The van der Waals surface area contributed by atoms with Crippen molar-refractivity contribution in [3.8, 4) is 5.75 Å². The fourth-order valence-corrected chi connectivity index (χ4v) is 5.91. The zero-order valence-electron chi connectivity index (χ0n) is 17.3. The minimum absolute atomic E-state index is 0.0452. The van der Waals surface area contributed by atoms with Crippen LogP contribution in [0.4, 0.5) is 5.69 Å².